The van der Waals surface area contributed by atoms with Crippen LogP contribution in [0.4, 0.5) is 20.4 Å². The first-order valence-corrected chi connectivity index (χ1v) is 28.1. The smallest absolute Gasteiger partial charge is 0.251 e. The predicted octanol–water partition coefficient (Wildman–Crippen LogP) is 7.57. The molecule has 4 amide bonds. The molecule has 4 heterocycles. The Balaban J connectivity index is 0.677. The van der Waals surface area contributed by atoms with E-state index in [0.29, 0.717) is 89.9 Å². The summed E-state index contributed by atoms with van der Waals surface area (Å²) in [6.07, 6.45) is 4.51. The molecule has 19 nitrogen and oxygen atoms in total. The number of nitrogens with two attached hydrogens (primary N) is 1. The molecule has 6 aromatic rings. The van der Waals surface area contributed by atoms with Crippen LogP contribution >= 0.6 is 22.9 Å². The molecule has 7 N–H and O–H groups in total. The summed E-state index contributed by atoms with van der Waals surface area (Å²) in [6.45, 7) is 10.9. The molecular weight excluding hydrogens is 1090 g/mol. The van der Waals surface area contributed by atoms with Gasteiger partial charge in [0.05, 0.1) is 72.6 Å². The van der Waals surface area contributed by atoms with Crippen LogP contribution < -0.4 is 32.4 Å². The number of thiazole rings is 1. The van der Waals surface area contributed by atoms with Gasteiger partial charge < -0.3 is 46.8 Å². The van der Waals surface area contributed by atoms with Gasteiger partial charge in [0.2, 0.25) is 23.7 Å². The number of likely N-dealkylation sites (tertiary alicyclic amines) is 1. The standard InChI is InChI=1S/C59H66ClF2N13O6S/c1-36-53(82-35-70-36)38-12-10-37(11-13-38)30-68-56(78)48-9-6-25-75(48)57(79)54(59(2,3)4)72-49(76)20-21-64-22-23-65-33-43(74-63)34-81-28-27-80-26-24-66-55(77)39-14-17-42(18-15-39)71-58-69-32-40-31-67-52(50-46(61)7-5-8-47(50)62)45-29-41(60)16-19-44(45)51(40)73-58/h5,7-8,10-19,29,32-33,35,48,54,64H,6,9,20-28,30-31,34,63H2,1-4H3,(H,66,77)(H,68,78)(H,72,76)(H,69,71,73)/t48-,54?/m0/s1. The van der Waals surface area contributed by atoms with E-state index in [4.69, 9.17) is 31.9 Å². The summed E-state index contributed by atoms with van der Waals surface area (Å²) in [5.74, 6) is 3.26. The summed E-state index contributed by atoms with van der Waals surface area (Å²) in [5.41, 5.74) is 7.76. The Kier molecular flexibility index (Phi) is 21.1. The molecule has 2 aliphatic heterocycles. The number of nitrogens with one attached hydrogen (secondary N) is 5. The summed E-state index contributed by atoms with van der Waals surface area (Å²) in [7, 11) is 0. The van der Waals surface area contributed by atoms with Crippen molar-refractivity contribution in [2.45, 2.75) is 72.1 Å². The number of nitrogens with zero attached hydrogens (tertiary/aromatic N) is 7. The summed E-state index contributed by atoms with van der Waals surface area (Å²) in [4.78, 5) is 78.6. The third-order valence-corrected chi connectivity index (χ3v) is 14.8. The van der Waals surface area contributed by atoms with Gasteiger partial charge >= 0.3 is 0 Å². The Bertz CT molecular complexity index is 3300. The normalized spacial score (nSPS) is 14.6. The van der Waals surface area contributed by atoms with Crippen molar-refractivity contribution in [1.82, 2.24) is 41.1 Å². The number of hydrazone groups is 1. The fourth-order valence-electron chi connectivity index (χ4n) is 9.25. The molecular formula is C59H66ClF2N13O6S. The van der Waals surface area contributed by atoms with E-state index in [1.165, 1.54) is 24.4 Å². The zero-order chi connectivity index (χ0) is 58.2. The van der Waals surface area contributed by atoms with Gasteiger partial charge in [0.15, 0.2) is 0 Å². The maximum atomic E-state index is 15.0. The van der Waals surface area contributed by atoms with Crippen LogP contribution in [-0.2, 0) is 36.9 Å². The van der Waals surface area contributed by atoms with E-state index in [1.807, 2.05) is 57.5 Å². The molecule has 8 rings (SSSR count). The van der Waals surface area contributed by atoms with Crippen molar-refractivity contribution in [2.75, 3.05) is 64.5 Å². The van der Waals surface area contributed by atoms with Gasteiger partial charge in [0, 0.05) is 84.5 Å². The third-order valence-electron chi connectivity index (χ3n) is 13.6. The van der Waals surface area contributed by atoms with Crippen molar-refractivity contribution in [2.24, 2.45) is 26.3 Å². The Hall–Kier alpha value is -7.89. The number of benzene rings is 4. The highest BCUT2D eigenvalue weighted by atomic mass is 35.5. The van der Waals surface area contributed by atoms with Gasteiger partial charge in [-0.3, -0.25) is 29.2 Å². The summed E-state index contributed by atoms with van der Waals surface area (Å²) in [5, 5.41) is 19.2. The number of anilines is 2. The average molecular weight is 1160 g/mol. The fraction of sp³-hybridized carbons (Fsp3) is 0.356. The maximum Gasteiger partial charge on any atom is 0.251 e. The van der Waals surface area contributed by atoms with Crippen LogP contribution in [0.15, 0.2) is 112 Å². The number of halogens is 3. The van der Waals surface area contributed by atoms with E-state index in [9.17, 15) is 28.0 Å². The molecule has 0 spiro atoms. The zero-order valence-corrected chi connectivity index (χ0v) is 47.6. The van der Waals surface area contributed by atoms with E-state index in [-0.39, 0.29) is 86.8 Å². The number of hydrogen-bond acceptors (Lipinski definition) is 16. The van der Waals surface area contributed by atoms with Crippen LogP contribution in [0.25, 0.3) is 21.7 Å². The molecule has 4 aromatic carbocycles. The van der Waals surface area contributed by atoms with Crippen molar-refractivity contribution in [3.8, 4) is 21.7 Å². The molecule has 0 saturated carbocycles. The summed E-state index contributed by atoms with van der Waals surface area (Å²) >= 11 is 7.94. The first-order valence-electron chi connectivity index (χ1n) is 26.9. The second kappa shape index (κ2) is 28.7. The van der Waals surface area contributed by atoms with E-state index in [1.54, 1.807) is 64.9 Å². The lowest BCUT2D eigenvalue weighted by Crippen LogP contribution is -2.57. The van der Waals surface area contributed by atoms with Gasteiger partial charge in [-0.1, -0.05) is 68.8 Å². The Morgan fingerprint density at radius 3 is 2.43 bits per heavy atom. The Labute approximate surface area is 483 Å². The van der Waals surface area contributed by atoms with Gasteiger partial charge in [-0.25, -0.2) is 23.7 Å². The molecule has 1 fully saturated rings. The van der Waals surface area contributed by atoms with Gasteiger partial charge in [-0.2, -0.15) is 5.10 Å². The van der Waals surface area contributed by atoms with Gasteiger partial charge in [-0.05, 0) is 84.8 Å². The van der Waals surface area contributed by atoms with Crippen molar-refractivity contribution < 1.29 is 37.4 Å². The second-order valence-corrected chi connectivity index (χ2v) is 21.8. The number of aromatic nitrogens is 3. The number of fused-ring (bicyclic) bond motifs is 3. The lowest BCUT2D eigenvalue weighted by atomic mass is 9.85. The summed E-state index contributed by atoms with van der Waals surface area (Å²) < 4.78 is 41.2. The van der Waals surface area contributed by atoms with Crippen molar-refractivity contribution in [3.63, 3.8) is 0 Å². The van der Waals surface area contributed by atoms with E-state index < -0.39 is 29.1 Å². The number of amides is 4. The number of aliphatic imine (C=N–C) groups is 2. The third kappa shape index (κ3) is 16.0. The first kappa shape index (κ1) is 60.2. The summed E-state index contributed by atoms with van der Waals surface area (Å²) in [6, 6.07) is 22.0. The molecule has 2 atom stereocenters. The van der Waals surface area contributed by atoms with Crippen LogP contribution in [-0.4, -0.2) is 132 Å². The molecule has 1 unspecified atom stereocenters. The van der Waals surface area contributed by atoms with Gasteiger partial charge in [0.1, 0.15) is 29.4 Å². The van der Waals surface area contributed by atoms with Gasteiger partial charge in [0.25, 0.3) is 5.91 Å². The highest BCUT2D eigenvalue weighted by Gasteiger charge is 2.42. The number of hydrogen-bond donors (Lipinski definition) is 6. The van der Waals surface area contributed by atoms with Crippen LogP contribution in [0.5, 0.6) is 0 Å². The monoisotopic (exact) mass is 1160 g/mol. The molecule has 2 aromatic heterocycles. The van der Waals surface area contributed by atoms with Gasteiger partial charge in [-0.15, -0.1) is 11.3 Å². The molecule has 82 heavy (non-hydrogen) atoms. The quantitative estimate of drug-likeness (QED) is 0.0141. The molecule has 430 valence electrons. The minimum atomic E-state index is -0.821. The van der Waals surface area contributed by atoms with Crippen LogP contribution in [0, 0.1) is 24.0 Å². The average Bonchev–Trinajstić information content (AvgIpc) is 4.22. The van der Waals surface area contributed by atoms with E-state index >= 15 is 0 Å². The van der Waals surface area contributed by atoms with E-state index in [0.717, 1.165) is 21.7 Å². The minimum absolute atomic E-state index is 0.0803. The van der Waals surface area contributed by atoms with Crippen molar-refractivity contribution in [1.29, 1.82) is 0 Å². The molecule has 0 radical (unpaired) electrons. The number of carbonyl (C=O) groups excluding carboxylic acids is 4. The van der Waals surface area contributed by atoms with E-state index in [2.05, 4.69) is 51.6 Å². The largest absolute Gasteiger partial charge is 0.377 e. The Morgan fingerprint density at radius 2 is 1.70 bits per heavy atom. The van der Waals surface area contributed by atoms with Crippen LogP contribution in [0.3, 0.4) is 0 Å². The predicted molar refractivity (Wildman–Crippen MR) is 315 cm³/mol. The lowest BCUT2D eigenvalue weighted by molar-refractivity contribution is -0.143. The topological polar surface area (TPSA) is 252 Å². The SMILES string of the molecule is Cc1ncsc1-c1ccc(CNC(=O)[C@@H]2CCCN2C(=O)C(NC(=O)CCNCCN=CC(COCCOCCNC(=O)c2ccc(Nc3ncc4c(n3)-c3ccc(Cl)cc3C(c3c(F)cccc3F)=NC4)cc2)=NN)C(C)(C)C)cc1. The number of rotatable bonds is 25. The number of aryl methyl sites for hydroxylation is 1. The molecule has 0 bridgehead atoms. The maximum absolute atomic E-state index is 15.0. The molecule has 1 saturated heterocycles. The Morgan fingerprint density at radius 1 is 0.927 bits per heavy atom. The molecule has 23 heteroatoms. The number of ether oxygens (including phenoxy) is 2. The van der Waals surface area contributed by atoms with Crippen molar-refractivity contribution >= 4 is 75.8 Å². The van der Waals surface area contributed by atoms with Crippen LogP contribution in [0.1, 0.15) is 78.3 Å². The highest BCUT2D eigenvalue weighted by molar-refractivity contribution is 7.13. The van der Waals surface area contributed by atoms with Crippen molar-refractivity contribution in [3.05, 3.63) is 147 Å². The lowest BCUT2D eigenvalue weighted by Gasteiger charge is -2.35. The second-order valence-electron chi connectivity index (χ2n) is 20.5. The number of carbonyl (C=O) groups is 4. The van der Waals surface area contributed by atoms with Crippen LogP contribution in [0.2, 0.25) is 5.02 Å². The molecule has 2 aliphatic rings. The zero-order valence-electron chi connectivity index (χ0n) is 46.1. The minimum Gasteiger partial charge on any atom is -0.377 e. The highest BCUT2D eigenvalue weighted by Crippen LogP contribution is 2.35. The fourth-order valence-corrected chi connectivity index (χ4v) is 10.2. The first-order chi connectivity index (χ1) is 39.6. The molecule has 0 aliphatic carbocycles.